The van der Waals surface area contributed by atoms with Gasteiger partial charge in [0.05, 0.1) is 27.4 Å². The van der Waals surface area contributed by atoms with Gasteiger partial charge in [0.2, 0.25) is 34.9 Å². The minimum absolute atomic E-state index is 0.0222. The van der Waals surface area contributed by atoms with Crippen LogP contribution in [0, 0.1) is 13.8 Å². The van der Waals surface area contributed by atoms with Crippen LogP contribution < -0.4 is 29.8 Å². The fourth-order valence-corrected chi connectivity index (χ4v) is 12.7. The van der Waals surface area contributed by atoms with Gasteiger partial charge in [-0.2, -0.15) is 0 Å². The van der Waals surface area contributed by atoms with E-state index in [9.17, 15) is 126 Å². The standard InChI is InChI=1S/C38H40O20.C38H40O19/c1-14-17(5-7-19(42)27(14)45)34-35(30(48)26-20(43)10-16(40)11-22(26)54-34)57-38-36(32(50)28(46)23(12-39)55-38)58-37-33(51)31(49)29(47)24(56-37)13-53-25(44)8-4-15-3-6-18(41)21(9-15)52-2;1-15-9-21(43)27-23(10-15)53-34(17-5-7-18(40)20(42)12-17)35(30(27)47)56-38-36(32(49)28(45)24(13-39)54-38)57-37-33(50)31(48)29(46)25(55-37)14-52-26(44)8-4-16-3-6-19(41)22(11-16)51-2/h3-11,23-24,28-29,31-33,36-43,45-47,49-51H,12-13H2,1-2H3;3-12,24-25,28-29,31-33,36-43,45-46,48-50H,13-14H2,1-2H3/b2*8-4-. The van der Waals surface area contributed by atoms with Crippen molar-refractivity contribution < 1.29 is 183 Å². The third-order valence-electron chi connectivity index (χ3n) is 18.9. The Morgan fingerprint density at radius 1 is 0.426 bits per heavy atom. The molecule has 12 rings (SSSR count). The fraction of sp³-hybridized carbons (Fsp3) is 0.368. The minimum Gasteiger partial charge on any atom is -0.508 e. The van der Waals surface area contributed by atoms with E-state index < -0.39 is 235 Å². The van der Waals surface area contributed by atoms with Crippen molar-refractivity contribution in [1.82, 2.24) is 0 Å². The second-order valence-corrected chi connectivity index (χ2v) is 26.7. The molecular weight excluding hydrogens is 1540 g/mol. The number of fused-ring (bicyclic) bond motifs is 2. The Labute approximate surface area is 646 Å². The molecule has 20 atom stereocenters. The lowest BCUT2D eigenvalue weighted by atomic mass is 9.97. The van der Waals surface area contributed by atoms with Gasteiger partial charge in [-0.3, -0.25) is 9.59 Å². The average Bonchev–Trinajstić information content (AvgIpc) is 0.751. The van der Waals surface area contributed by atoms with Crippen LogP contribution in [0.25, 0.3) is 56.7 Å². The van der Waals surface area contributed by atoms with Gasteiger partial charge in [0.1, 0.15) is 138 Å². The lowest BCUT2D eigenvalue weighted by Gasteiger charge is -2.45. The Morgan fingerprint density at radius 3 is 1.32 bits per heavy atom. The third kappa shape index (κ3) is 18.0. The number of phenols is 9. The van der Waals surface area contributed by atoms with Crippen molar-refractivity contribution in [3.63, 3.8) is 0 Å². The highest BCUT2D eigenvalue weighted by Crippen LogP contribution is 2.45. The van der Waals surface area contributed by atoms with E-state index in [0.29, 0.717) is 16.7 Å². The molecule has 20 unspecified atom stereocenters. The predicted octanol–water partition coefficient (Wildman–Crippen LogP) is -0.561. The average molecular weight is 1620 g/mol. The number of phenolic OH excluding ortho intramolecular Hbond substituents is 9. The molecular formula is C76H80O39. The fourth-order valence-electron chi connectivity index (χ4n) is 12.7. The Kier molecular flexibility index (Phi) is 26.3. The minimum atomic E-state index is -2.07. The maximum absolute atomic E-state index is 14.1. The van der Waals surface area contributed by atoms with E-state index in [0.717, 1.165) is 42.5 Å². The van der Waals surface area contributed by atoms with E-state index in [4.69, 9.17) is 65.7 Å². The lowest BCUT2D eigenvalue weighted by Crippen LogP contribution is -2.65. The van der Waals surface area contributed by atoms with Crippen molar-refractivity contribution in [3.05, 3.63) is 146 Å². The number of ether oxygens (including phenoxy) is 12. The van der Waals surface area contributed by atoms with Crippen LogP contribution in [0.1, 0.15) is 22.3 Å². The first-order valence-electron chi connectivity index (χ1n) is 34.8. The van der Waals surface area contributed by atoms with Gasteiger partial charge in [0.15, 0.2) is 82.3 Å². The van der Waals surface area contributed by atoms with Crippen LogP contribution in [-0.2, 0) is 47.5 Å². The number of aliphatic hydroxyl groups is 12. The molecule has 4 aliphatic heterocycles. The van der Waals surface area contributed by atoms with Crippen LogP contribution in [-0.4, -0.2) is 283 Å². The van der Waals surface area contributed by atoms with Crippen molar-refractivity contribution in [1.29, 1.82) is 0 Å². The molecule has 0 spiro atoms. The maximum Gasteiger partial charge on any atom is 0.330 e. The van der Waals surface area contributed by atoms with Crippen molar-refractivity contribution in [2.75, 3.05) is 40.6 Å². The number of benzene rings is 6. The van der Waals surface area contributed by atoms with Crippen molar-refractivity contribution in [2.45, 2.75) is 137 Å². The number of rotatable bonds is 22. The molecule has 0 bridgehead atoms. The molecule has 39 nitrogen and oxygen atoms in total. The molecule has 2 aromatic heterocycles. The molecule has 4 aliphatic rings. The number of aryl methyl sites for hydroxylation is 1. The molecule has 0 radical (unpaired) electrons. The van der Waals surface area contributed by atoms with E-state index in [2.05, 4.69) is 0 Å². The number of carbonyl (C=O) groups excluding carboxylic acids is 2. The molecule has 6 heterocycles. The zero-order valence-electron chi connectivity index (χ0n) is 60.6. The molecule has 39 heteroatoms. The molecule has 0 saturated carbocycles. The number of methoxy groups -OCH3 is 2. The quantitative estimate of drug-likeness (QED) is 0.0230. The Balaban J connectivity index is 0.000000226. The van der Waals surface area contributed by atoms with Crippen LogP contribution in [0.15, 0.2) is 122 Å². The Bertz CT molecular complexity index is 5040. The van der Waals surface area contributed by atoms with Crippen molar-refractivity contribution in [3.8, 4) is 97.4 Å². The second kappa shape index (κ2) is 35.7. The molecule has 4 saturated heterocycles. The predicted molar refractivity (Wildman–Crippen MR) is 386 cm³/mol. The van der Waals surface area contributed by atoms with E-state index in [1.165, 1.54) is 94.0 Å². The molecule has 6 aromatic carbocycles. The summed E-state index contributed by atoms with van der Waals surface area (Å²) in [5, 5.41) is 219. The first-order chi connectivity index (χ1) is 54.6. The summed E-state index contributed by atoms with van der Waals surface area (Å²) in [6, 6.07) is 18.8. The van der Waals surface area contributed by atoms with E-state index in [-0.39, 0.29) is 62.0 Å². The van der Waals surface area contributed by atoms with Gasteiger partial charge in [0, 0.05) is 41.0 Å². The van der Waals surface area contributed by atoms with Gasteiger partial charge >= 0.3 is 11.9 Å². The maximum atomic E-state index is 14.1. The van der Waals surface area contributed by atoms with Gasteiger partial charge in [-0.25, -0.2) is 9.59 Å². The highest BCUT2D eigenvalue weighted by Gasteiger charge is 2.54. The van der Waals surface area contributed by atoms with Gasteiger partial charge in [0.25, 0.3) is 0 Å². The van der Waals surface area contributed by atoms with Gasteiger partial charge in [-0.05, 0) is 109 Å². The van der Waals surface area contributed by atoms with Crippen LogP contribution in [0.2, 0.25) is 0 Å². The highest BCUT2D eigenvalue weighted by atomic mass is 16.8. The second-order valence-electron chi connectivity index (χ2n) is 26.7. The van der Waals surface area contributed by atoms with E-state index >= 15 is 0 Å². The summed E-state index contributed by atoms with van der Waals surface area (Å²) in [7, 11) is 2.68. The molecule has 115 heavy (non-hydrogen) atoms. The van der Waals surface area contributed by atoms with Crippen molar-refractivity contribution >= 4 is 46.0 Å². The van der Waals surface area contributed by atoms with Gasteiger partial charge in [-0.15, -0.1) is 0 Å². The number of carbonyl (C=O) groups is 2. The largest absolute Gasteiger partial charge is 0.508 e. The summed E-state index contributed by atoms with van der Waals surface area (Å²) in [5.41, 5.74) is -1.26. The van der Waals surface area contributed by atoms with E-state index in [1.54, 1.807) is 6.92 Å². The molecule has 618 valence electrons. The first-order valence-corrected chi connectivity index (χ1v) is 34.8. The number of aliphatic hydroxyl groups excluding tert-OH is 12. The first kappa shape index (κ1) is 84.7. The zero-order chi connectivity index (χ0) is 83.5. The van der Waals surface area contributed by atoms with Crippen LogP contribution in [0.4, 0.5) is 0 Å². The summed E-state index contributed by atoms with van der Waals surface area (Å²) >= 11 is 0. The van der Waals surface area contributed by atoms with Crippen LogP contribution in [0.5, 0.6) is 74.7 Å². The normalized spacial score (nSPS) is 27.6. The number of hydrogen-bond donors (Lipinski definition) is 21. The smallest absolute Gasteiger partial charge is 0.330 e. The summed E-state index contributed by atoms with van der Waals surface area (Å²) in [6.45, 7) is -0.241. The van der Waals surface area contributed by atoms with Crippen LogP contribution in [0.3, 0.4) is 0 Å². The van der Waals surface area contributed by atoms with E-state index in [1.807, 2.05) is 0 Å². The van der Waals surface area contributed by atoms with Gasteiger partial charge < -0.3 is 173 Å². The third-order valence-corrected chi connectivity index (χ3v) is 18.9. The molecule has 8 aromatic rings. The highest BCUT2D eigenvalue weighted by molar-refractivity contribution is 5.91. The van der Waals surface area contributed by atoms with Crippen LogP contribution >= 0.6 is 0 Å². The monoisotopic (exact) mass is 1620 g/mol. The molecule has 0 aliphatic carbocycles. The molecule has 21 N–H and O–H groups in total. The van der Waals surface area contributed by atoms with Crippen molar-refractivity contribution in [2.24, 2.45) is 0 Å². The summed E-state index contributed by atoms with van der Waals surface area (Å²) in [5.74, 6) is -8.15. The number of hydrogen-bond acceptors (Lipinski definition) is 39. The lowest BCUT2D eigenvalue weighted by molar-refractivity contribution is -0.358. The number of esters is 2. The topological polar surface area (TPSA) is 630 Å². The zero-order valence-corrected chi connectivity index (χ0v) is 60.6. The summed E-state index contributed by atoms with van der Waals surface area (Å²) < 4.78 is 78.6. The summed E-state index contributed by atoms with van der Waals surface area (Å²) in [4.78, 5) is 53.2. The SMILES string of the molecule is COc1cc(/C=C\C(=O)OCC2OC(OC3C(Oc4c(-c5ccc(O)c(O)c5)oc5cc(C)cc(O)c5c4=O)OC(CO)C(O)C3O)C(O)C(O)C2O)ccc1O.COc1cc(/C=C\C(=O)OCC2OC(OC3C(Oc4c(-c5ccc(O)c(O)c5C)oc5cc(O)cc(O)c5c4=O)OC(CO)C(O)C3O)C(O)C(O)C2O)ccc1O. The Hall–Kier alpha value is -11.2. The molecule has 4 fully saturated rings. The number of aromatic hydroxyl groups is 9. The summed E-state index contributed by atoms with van der Waals surface area (Å²) in [6.07, 6.45) is -33.1. The van der Waals surface area contributed by atoms with Gasteiger partial charge in [-0.1, -0.05) is 12.1 Å². The Morgan fingerprint density at radius 2 is 0.852 bits per heavy atom. The molecule has 0 amide bonds.